The molecule has 0 spiro atoms. The number of fused-ring (bicyclic) bond motifs is 1. The molecular formula is C14H12Br2N4O. The van der Waals surface area contributed by atoms with Gasteiger partial charge in [-0.25, -0.2) is 0 Å². The number of carbonyl (C=O) groups excluding carboxylic acids is 1. The number of halogens is 2. The number of anilines is 1. The summed E-state index contributed by atoms with van der Waals surface area (Å²) in [6.45, 7) is 2.01. The number of H-pyrrole nitrogens is 2. The Morgan fingerprint density at radius 1 is 1.33 bits per heavy atom. The smallest absolute Gasteiger partial charge is 0.258 e. The molecule has 7 heteroatoms. The summed E-state index contributed by atoms with van der Waals surface area (Å²) in [4.78, 5) is 15.6. The van der Waals surface area contributed by atoms with Gasteiger partial charge in [-0.2, -0.15) is 5.10 Å². The van der Waals surface area contributed by atoms with Crippen molar-refractivity contribution in [3.05, 3.63) is 44.6 Å². The lowest BCUT2D eigenvalue weighted by Gasteiger charge is -2.04. The van der Waals surface area contributed by atoms with Crippen molar-refractivity contribution >= 4 is 54.5 Å². The maximum Gasteiger partial charge on any atom is 0.258 e. The lowest BCUT2D eigenvalue weighted by atomic mass is 10.1. The van der Waals surface area contributed by atoms with Crippen molar-refractivity contribution in [2.24, 2.45) is 0 Å². The Hall–Kier alpha value is -1.60. The number of aromatic nitrogens is 3. The number of carbonyl (C=O) groups is 1. The Balaban J connectivity index is 1.97. The van der Waals surface area contributed by atoms with Crippen LogP contribution in [0, 0.1) is 0 Å². The van der Waals surface area contributed by atoms with Gasteiger partial charge in [0.15, 0.2) is 0 Å². The van der Waals surface area contributed by atoms with Crippen LogP contribution in [0.25, 0.3) is 10.9 Å². The average Bonchev–Trinajstić information content (AvgIpc) is 3.06. The van der Waals surface area contributed by atoms with Crippen LogP contribution in [0.3, 0.4) is 0 Å². The largest absolute Gasteiger partial charge is 0.360 e. The van der Waals surface area contributed by atoms with Crippen LogP contribution in [-0.4, -0.2) is 21.1 Å². The number of hydrogen-bond acceptors (Lipinski definition) is 2. The number of rotatable bonds is 3. The highest BCUT2D eigenvalue weighted by Crippen LogP contribution is 2.30. The molecule has 0 fully saturated rings. The van der Waals surface area contributed by atoms with E-state index in [1.165, 1.54) is 0 Å². The summed E-state index contributed by atoms with van der Waals surface area (Å²) in [5.41, 5.74) is 2.47. The van der Waals surface area contributed by atoms with Gasteiger partial charge in [0.05, 0.1) is 11.8 Å². The molecule has 3 aromatic rings. The molecule has 0 saturated carbocycles. The predicted molar refractivity (Wildman–Crippen MR) is 89.6 cm³/mol. The zero-order valence-corrected chi connectivity index (χ0v) is 14.3. The summed E-state index contributed by atoms with van der Waals surface area (Å²) in [6, 6.07) is 3.85. The predicted octanol–water partition coefficient (Wildman–Crippen LogP) is 4.23. The van der Waals surface area contributed by atoms with E-state index >= 15 is 0 Å². The summed E-state index contributed by atoms with van der Waals surface area (Å²) in [5.74, 6) is 0.474. The quantitative estimate of drug-likeness (QED) is 0.603. The van der Waals surface area contributed by atoms with E-state index in [2.05, 4.69) is 52.4 Å². The summed E-state index contributed by atoms with van der Waals surface area (Å²) in [5, 5.41) is 10.5. The topological polar surface area (TPSA) is 73.6 Å². The van der Waals surface area contributed by atoms with E-state index in [0.717, 1.165) is 31.8 Å². The molecule has 108 valence electrons. The van der Waals surface area contributed by atoms with Crippen LogP contribution in [0.5, 0.6) is 0 Å². The van der Waals surface area contributed by atoms with E-state index in [1.54, 1.807) is 12.4 Å². The molecule has 2 aromatic heterocycles. The Morgan fingerprint density at radius 3 is 2.86 bits per heavy atom. The lowest BCUT2D eigenvalue weighted by molar-refractivity contribution is 0.102. The monoisotopic (exact) mass is 410 g/mol. The van der Waals surface area contributed by atoms with Gasteiger partial charge in [-0.3, -0.25) is 9.89 Å². The van der Waals surface area contributed by atoms with Gasteiger partial charge in [0, 0.05) is 31.6 Å². The molecule has 0 unspecified atom stereocenters. The molecule has 0 aliphatic heterocycles. The van der Waals surface area contributed by atoms with Crippen molar-refractivity contribution in [2.45, 2.75) is 13.3 Å². The fourth-order valence-corrected chi connectivity index (χ4v) is 2.86. The molecule has 1 amide bonds. The van der Waals surface area contributed by atoms with Gasteiger partial charge < -0.3 is 10.3 Å². The summed E-state index contributed by atoms with van der Waals surface area (Å²) >= 11 is 6.91. The normalized spacial score (nSPS) is 11.0. The van der Waals surface area contributed by atoms with Crippen molar-refractivity contribution in [3.63, 3.8) is 0 Å². The maximum absolute atomic E-state index is 12.4. The van der Waals surface area contributed by atoms with Gasteiger partial charge in [0.2, 0.25) is 0 Å². The Morgan fingerprint density at radius 2 is 2.10 bits per heavy atom. The zero-order valence-electron chi connectivity index (χ0n) is 11.1. The first kappa shape index (κ1) is 14.3. The number of nitrogens with zero attached hydrogens (tertiary/aromatic N) is 1. The van der Waals surface area contributed by atoms with Gasteiger partial charge in [-0.05, 0) is 50.4 Å². The highest BCUT2D eigenvalue weighted by Gasteiger charge is 2.15. The SMILES string of the molecule is CCc1cn[nH]c1NC(=O)c1c[nH]c2cc(Br)c(Br)cc12. The third kappa shape index (κ3) is 2.63. The number of benzene rings is 1. The molecule has 0 radical (unpaired) electrons. The van der Waals surface area contributed by atoms with Crippen LogP contribution < -0.4 is 5.32 Å². The second-order valence-corrected chi connectivity index (χ2v) is 6.30. The summed E-state index contributed by atoms with van der Waals surface area (Å²) < 4.78 is 1.84. The first-order valence-electron chi connectivity index (χ1n) is 6.40. The van der Waals surface area contributed by atoms with E-state index in [-0.39, 0.29) is 5.91 Å². The molecule has 0 saturated heterocycles. The number of aryl methyl sites for hydroxylation is 1. The van der Waals surface area contributed by atoms with Crippen molar-refractivity contribution in [1.29, 1.82) is 0 Å². The van der Waals surface area contributed by atoms with E-state index < -0.39 is 0 Å². The van der Waals surface area contributed by atoms with Crippen LogP contribution in [0.4, 0.5) is 5.82 Å². The van der Waals surface area contributed by atoms with Crippen LogP contribution in [-0.2, 0) is 6.42 Å². The molecule has 3 rings (SSSR count). The molecule has 0 bridgehead atoms. The molecule has 0 aliphatic rings. The third-order valence-corrected chi connectivity index (χ3v) is 5.15. The molecule has 0 atom stereocenters. The van der Waals surface area contributed by atoms with E-state index in [9.17, 15) is 4.79 Å². The number of aromatic amines is 2. The number of hydrogen-bond donors (Lipinski definition) is 3. The van der Waals surface area contributed by atoms with Gasteiger partial charge in [-0.15, -0.1) is 0 Å². The van der Waals surface area contributed by atoms with Gasteiger partial charge >= 0.3 is 0 Å². The molecule has 21 heavy (non-hydrogen) atoms. The minimum atomic E-state index is -0.172. The minimum Gasteiger partial charge on any atom is -0.360 e. The Bertz CT molecular complexity index is 822. The standard InChI is InChI=1S/C14H12Br2N4O/c1-2-7-5-18-20-13(7)19-14(21)9-6-17-12-4-11(16)10(15)3-8(9)12/h3-6,17H,2H2,1H3,(H2,18,19,20,21). The maximum atomic E-state index is 12.4. The summed E-state index contributed by atoms with van der Waals surface area (Å²) in [7, 11) is 0. The third-order valence-electron chi connectivity index (χ3n) is 3.30. The van der Waals surface area contributed by atoms with Gasteiger partial charge in [0.1, 0.15) is 5.82 Å². The highest BCUT2D eigenvalue weighted by atomic mass is 79.9. The van der Waals surface area contributed by atoms with Crippen LogP contribution in [0.15, 0.2) is 33.5 Å². The zero-order chi connectivity index (χ0) is 15.0. The van der Waals surface area contributed by atoms with Crippen LogP contribution in [0.2, 0.25) is 0 Å². The van der Waals surface area contributed by atoms with Crippen molar-refractivity contribution < 1.29 is 4.79 Å². The van der Waals surface area contributed by atoms with Crippen LogP contribution >= 0.6 is 31.9 Å². The van der Waals surface area contributed by atoms with E-state index in [4.69, 9.17) is 0 Å². The number of amides is 1. The first-order chi connectivity index (χ1) is 10.1. The molecule has 0 aliphatic carbocycles. The van der Waals surface area contributed by atoms with Crippen molar-refractivity contribution in [3.8, 4) is 0 Å². The second kappa shape index (κ2) is 5.65. The fourth-order valence-electron chi connectivity index (χ4n) is 2.17. The van der Waals surface area contributed by atoms with Crippen LogP contribution in [0.1, 0.15) is 22.8 Å². The molecule has 3 N–H and O–H groups in total. The first-order valence-corrected chi connectivity index (χ1v) is 7.98. The minimum absolute atomic E-state index is 0.172. The molecular weight excluding hydrogens is 400 g/mol. The molecule has 5 nitrogen and oxygen atoms in total. The highest BCUT2D eigenvalue weighted by molar-refractivity contribution is 9.13. The Labute approximate surface area is 137 Å². The van der Waals surface area contributed by atoms with Gasteiger partial charge in [-0.1, -0.05) is 6.92 Å². The fraction of sp³-hybridized carbons (Fsp3) is 0.143. The van der Waals surface area contributed by atoms with Crippen molar-refractivity contribution in [2.75, 3.05) is 5.32 Å². The van der Waals surface area contributed by atoms with E-state index in [1.807, 2.05) is 19.1 Å². The number of nitrogens with one attached hydrogen (secondary N) is 3. The van der Waals surface area contributed by atoms with E-state index in [0.29, 0.717) is 11.4 Å². The molecule has 1 aromatic carbocycles. The Kier molecular flexibility index (Phi) is 3.86. The van der Waals surface area contributed by atoms with Crippen molar-refractivity contribution in [1.82, 2.24) is 15.2 Å². The lowest BCUT2D eigenvalue weighted by Crippen LogP contribution is -2.12. The average molecular weight is 412 g/mol. The molecule has 2 heterocycles. The second-order valence-electron chi connectivity index (χ2n) is 4.59. The van der Waals surface area contributed by atoms with Gasteiger partial charge in [0.25, 0.3) is 5.91 Å². The summed E-state index contributed by atoms with van der Waals surface area (Å²) in [6.07, 6.45) is 4.23.